The average molecular weight is 421 g/mol. The number of para-hydroxylation sites is 1. The lowest BCUT2D eigenvalue weighted by molar-refractivity contribution is 0.0596. The lowest BCUT2D eigenvalue weighted by Gasteiger charge is -2.43. The number of fused-ring (bicyclic) bond motifs is 5. The number of carbonyl (C=O) groups is 1. The Balaban J connectivity index is 1.52. The molecule has 2 bridgehead atoms. The van der Waals surface area contributed by atoms with Gasteiger partial charge in [0, 0.05) is 49.7 Å². The molecule has 3 aromatic rings. The second-order valence-electron chi connectivity index (χ2n) is 8.31. The summed E-state index contributed by atoms with van der Waals surface area (Å²) < 4.78 is 3.06. The van der Waals surface area contributed by atoms with E-state index in [1.165, 1.54) is 21.3 Å². The Morgan fingerprint density at radius 3 is 2.68 bits per heavy atom. The summed E-state index contributed by atoms with van der Waals surface area (Å²) in [5, 5.41) is 20.7. The number of hydrogen-bond acceptors (Lipinski definition) is 6. The van der Waals surface area contributed by atoms with Crippen molar-refractivity contribution in [2.24, 2.45) is 13.0 Å². The van der Waals surface area contributed by atoms with Gasteiger partial charge in [-0.15, -0.1) is 0 Å². The van der Waals surface area contributed by atoms with Crippen LogP contribution in [-0.2, 0) is 13.6 Å². The third-order valence-corrected chi connectivity index (χ3v) is 6.46. The zero-order chi connectivity index (χ0) is 21.9. The third-order valence-electron chi connectivity index (χ3n) is 6.46. The lowest BCUT2D eigenvalue weighted by atomic mass is 9.82. The third kappa shape index (κ3) is 3.05. The number of nitrogens with zero attached hydrogens (tertiary/aromatic N) is 4. The van der Waals surface area contributed by atoms with Crippen molar-refractivity contribution < 1.29 is 10.0 Å². The van der Waals surface area contributed by atoms with Gasteiger partial charge in [0.15, 0.2) is 0 Å². The van der Waals surface area contributed by atoms with E-state index in [0.29, 0.717) is 30.7 Å². The van der Waals surface area contributed by atoms with E-state index in [4.69, 9.17) is 5.21 Å². The van der Waals surface area contributed by atoms with Gasteiger partial charge < -0.3 is 24.5 Å². The van der Waals surface area contributed by atoms with Crippen molar-refractivity contribution in [2.45, 2.75) is 18.9 Å². The molecule has 4 heterocycles. The fraction of sp³-hybridized carbons (Fsp3) is 0.318. The molecule has 0 aliphatic carbocycles. The summed E-state index contributed by atoms with van der Waals surface area (Å²) in [6, 6.07) is 11.7. The summed E-state index contributed by atoms with van der Waals surface area (Å²) in [5.74, 6) is -0.216. The molecule has 0 radical (unpaired) electrons. The molecular formula is C22H21N4O5-. The van der Waals surface area contributed by atoms with Gasteiger partial charge >= 0.3 is 0 Å². The Morgan fingerprint density at radius 2 is 1.90 bits per heavy atom. The largest absolute Gasteiger partial charge is 0.733 e. The molecule has 31 heavy (non-hydrogen) atoms. The van der Waals surface area contributed by atoms with E-state index in [1.807, 2.05) is 24.3 Å². The molecule has 1 N–H and O–H groups in total. The van der Waals surface area contributed by atoms with Crippen molar-refractivity contribution in [1.29, 1.82) is 0 Å². The average Bonchev–Trinajstić information content (AvgIpc) is 2.76. The van der Waals surface area contributed by atoms with Crippen LogP contribution in [0.3, 0.4) is 0 Å². The topological polar surface area (TPSA) is 111 Å². The minimum absolute atomic E-state index is 0.0414. The van der Waals surface area contributed by atoms with Gasteiger partial charge in [-0.2, -0.15) is 0 Å². The summed E-state index contributed by atoms with van der Waals surface area (Å²) >= 11 is 0. The zero-order valence-electron chi connectivity index (χ0n) is 16.9. The number of aromatic nitrogens is 2. The van der Waals surface area contributed by atoms with Crippen molar-refractivity contribution >= 4 is 22.5 Å². The first kappa shape index (κ1) is 19.5. The van der Waals surface area contributed by atoms with E-state index in [9.17, 15) is 19.6 Å². The first-order valence-electron chi connectivity index (χ1n) is 10.1. The van der Waals surface area contributed by atoms with Crippen LogP contribution in [-0.4, -0.2) is 38.2 Å². The highest BCUT2D eigenvalue weighted by Crippen LogP contribution is 2.36. The van der Waals surface area contributed by atoms with Crippen LogP contribution in [0.4, 0.5) is 5.69 Å². The Kier molecular flexibility index (Phi) is 4.45. The first-order valence-corrected chi connectivity index (χ1v) is 10.1. The number of anilines is 1. The minimum atomic E-state index is -0.526. The van der Waals surface area contributed by atoms with Gasteiger partial charge in [-0.05, 0) is 30.5 Å². The Morgan fingerprint density at radius 1 is 1.13 bits per heavy atom. The summed E-state index contributed by atoms with van der Waals surface area (Å²) in [6.45, 7) is 1.24. The molecule has 1 saturated heterocycles. The summed E-state index contributed by atoms with van der Waals surface area (Å²) in [7, 11) is 1.68. The van der Waals surface area contributed by atoms with Gasteiger partial charge in [0.05, 0.1) is 11.1 Å². The highest BCUT2D eigenvalue weighted by atomic mass is 16.8. The monoisotopic (exact) mass is 421 g/mol. The highest BCUT2D eigenvalue weighted by Gasteiger charge is 2.37. The molecule has 9 nitrogen and oxygen atoms in total. The molecule has 1 amide bonds. The van der Waals surface area contributed by atoms with Gasteiger partial charge in [0.25, 0.3) is 17.0 Å². The van der Waals surface area contributed by atoms with E-state index in [-0.39, 0.29) is 29.0 Å². The van der Waals surface area contributed by atoms with Crippen LogP contribution in [0.5, 0.6) is 0 Å². The molecule has 1 fully saturated rings. The summed E-state index contributed by atoms with van der Waals surface area (Å²) in [6.07, 6.45) is 0.833. The van der Waals surface area contributed by atoms with Crippen molar-refractivity contribution in [1.82, 2.24) is 14.0 Å². The number of aryl methyl sites for hydroxylation is 1. The molecule has 0 saturated carbocycles. The van der Waals surface area contributed by atoms with Crippen molar-refractivity contribution in [3.63, 3.8) is 0 Å². The maximum absolute atomic E-state index is 13.5. The minimum Gasteiger partial charge on any atom is -0.733 e. The molecule has 2 atom stereocenters. The second-order valence-corrected chi connectivity index (χ2v) is 8.31. The zero-order valence-corrected chi connectivity index (χ0v) is 16.9. The fourth-order valence-electron chi connectivity index (χ4n) is 5.00. The SMILES string of the molecule is Cn1c(=O)cc(C(=O)N2CC3CC(C2)c2ccc(N([O-])O)c(=O)n2C3)c2ccccc21. The number of rotatable bonds is 2. The van der Waals surface area contributed by atoms with E-state index in [0.717, 1.165) is 17.5 Å². The number of pyridine rings is 2. The summed E-state index contributed by atoms with van der Waals surface area (Å²) in [5.41, 5.74) is 0.748. The quantitative estimate of drug-likeness (QED) is 0.630. The molecule has 5 rings (SSSR count). The normalized spacial score (nSPS) is 19.9. The van der Waals surface area contributed by atoms with Gasteiger partial charge in [-0.1, -0.05) is 18.2 Å². The molecule has 160 valence electrons. The molecule has 2 aliphatic heterocycles. The van der Waals surface area contributed by atoms with Gasteiger partial charge in [-0.25, -0.2) is 0 Å². The first-order chi connectivity index (χ1) is 14.8. The van der Waals surface area contributed by atoms with Crippen molar-refractivity contribution in [3.05, 3.63) is 79.6 Å². The molecule has 2 aromatic heterocycles. The smallest absolute Gasteiger partial charge is 0.275 e. The molecule has 0 spiro atoms. The highest BCUT2D eigenvalue weighted by molar-refractivity contribution is 6.06. The number of hydrogen-bond donors (Lipinski definition) is 1. The predicted octanol–water partition coefficient (Wildman–Crippen LogP) is 1.65. The van der Waals surface area contributed by atoms with Crippen LogP contribution in [0, 0.1) is 11.1 Å². The van der Waals surface area contributed by atoms with E-state index < -0.39 is 10.8 Å². The predicted molar refractivity (Wildman–Crippen MR) is 114 cm³/mol. The number of amides is 1. The van der Waals surface area contributed by atoms with Crippen LogP contribution < -0.4 is 16.3 Å². The molecule has 2 unspecified atom stereocenters. The standard InChI is InChI=1S/C22H21N4O5/c1-23-18-5-3-2-4-15(18)16(9-20(23)27)21(28)24-10-13-8-14(12-24)17-6-7-19(26(30)31)22(29)25(17)11-13/h2-7,9,13-14,30H,8,10-12H2,1H3/q-1. The van der Waals surface area contributed by atoms with E-state index >= 15 is 0 Å². The van der Waals surface area contributed by atoms with E-state index in [2.05, 4.69) is 0 Å². The Hall–Kier alpha value is -3.43. The maximum Gasteiger partial charge on any atom is 0.275 e. The number of benzene rings is 1. The van der Waals surface area contributed by atoms with Crippen LogP contribution in [0.15, 0.2) is 52.1 Å². The summed E-state index contributed by atoms with van der Waals surface area (Å²) in [4.78, 5) is 40.2. The van der Waals surface area contributed by atoms with Gasteiger partial charge in [0.1, 0.15) is 5.69 Å². The Labute approximate surface area is 176 Å². The molecule has 1 aromatic carbocycles. The number of likely N-dealkylation sites (tertiary alicyclic amines) is 1. The van der Waals surface area contributed by atoms with Gasteiger partial charge in [0.2, 0.25) is 0 Å². The molecular weight excluding hydrogens is 400 g/mol. The van der Waals surface area contributed by atoms with Crippen molar-refractivity contribution in [3.8, 4) is 0 Å². The fourth-order valence-corrected chi connectivity index (χ4v) is 5.00. The number of piperidine rings is 1. The van der Waals surface area contributed by atoms with Crippen LogP contribution in [0.25, 0.3) is 10.9 Å². The van der Waals surface area contributed by atoms with Gasteiger partial charge in [-0.3, -0.25) is 19.6 Å². The molecule has 2 aliphatic rings. The Bertz CT molecular complexity index is 1330. The van der Waals surface area contributed by atoms with Crippen molar-refractivity contribution in [2.75, 3.05) is 18.3 Å². The second kappa shape index (κ2) is 7.07. The number of carbonyl (C=O) groups excluding carboxylic acids is 1. The maximum atomic E-state index is 13.5. The van der Waals surface area contributed by atoms with Crippen LogP contribution >= 0.6 is 0 Å². The van der Waals surface area contributed by atoms with Crippen LogP contribution in [0.2, 0.25) is 0 Å². The lowest BCUT2D eigenvalue weighted by Crippen LogP contribution is -2.49. The van der Waals surface area contributed by atoms with Crippen LogP contribution in [0.1, 0.15) is 28.4 Å². The van der Waals surface area contributed by atoms with E-state index in [1.54, 1.807) is 18.0 Å². The molecule has 9 heteroatoms.